The quantitative estimate of drug-likeness (QED) is 0.855. The second kappa shape index (κ2) is 4.62. The summed E-state index contributed by atoms with van der Waals surface area (Å²) in [6.07, 6.45) is 7.59. The van der Waals surface area contributed by atoms with Crippen LogP contribution in [0.5, 0.6) is 0 Å². The lowest BCUT2D eigenvalue weighted by molar-refractivity contribution is 0.578. The number of piperidine rings is 1. The van der Waals surface area contributed by atoms with Crippen molar-refractivity contribution in [2.45, 2.75) is 19.3 Å². The van der Waals surface area contributed by atoms with E-state index in [0.717, 1.165) is 5.69 Å². The first-order valence-corrected chi connectivity index (χ1v) is 6.27. The molecule has 88 valence electrons. The van der Waals surface area contributed by atoms with Gasteiger partial charge < -0.3 is 9.88 Å². The Balaban J connectivity index is 1.80. The Morgan fingerprint density at radius 1 is 1.00 bits per heavy atom. The maximum absolute atomic E-state index is 4.04. The van der Waals surface area contributed by atoms with Gasteiger partial charge in [-0.25, -0.2) is 4.98 Å². The Kier molecular flexibility index (Phi) is 2.82. The number of aromatic nitrogens is 2. The highest BCUT2D eigenvalue weighted by Gasteiger charge is 2.10. The standard InChI is InChI=1S/C14H17N3/c1-2-8-17(9-3-1)13-6-4-12(5-7-13)14-10-15-11-16-14/h4-7,10-11H,1-3,8-9H2,(H,15,16). The molecular formula is C14H17N3. The zero-order valence-corrected chi connectivity index (χ0v) is 9.89. The highest BCUT2D eigenvalue weighted by Crippen LogP contribution is 2.23. The number of nitrogens with zero attached hydrogens (tertiary/aromatic N) is 2. The van der Waals surface area contributed by atoms with Gasteiger partial charge in [0.05, 0.1) is 18.2 Å². The molecule has 0 aliphatic carbocycles. The Bertz CT molecular complexity index is 453. The Hall–Kier alpha value is -1.77. The van der Waals surface area contributed by atoms with Crippen LogP contribution in [0.4, 0.5) is 5.69 Å². The van der Waals surface area contributed by atoms with Gasteiger partial charge in [0.15, 0.2) is 0 Å². The van der Waals surface area contributed by atoms with Crippen molar-refractivity contribution in [1.29, 1.82) is 0 Å². The lowest BCUT2D eigenvalue weighted by Crippen LogP contribution is -2.29. The molecule has 0 amide bonds. The SMILES string of the molecule is c1ncc(-c2ccc(N3CCCCC3)cc2)[nH]1. The van der Waals surface area contributed by atoms with E-state index in [9.17, 15) is 0 Å². The van der Waals surface area contributed by atoms with E-state index in [1.807, 2.05) is 6.20 Å². The third-order valence-corrected chi connectivity index (χ3v) is 3.40. The van der Waals surface area contributed by atoms with Crippen LogP contribution in [0.3, 0.4) is 0 Å². The number of hydrogen-bond acceptors (Lipinski definition) is 2. The topological polar surface area (TPSA) is 31.9 Å². The van der Waals surface area contributed by atoms with Crippen LogP contribution in [0.25, 0.3) is 11.3 Å². The minimum Gasteiger partial charge on any atom is -0.372 e. The predicted molar refractivity (Wildman–Crippen MR) is 70.1 cm³/mol. The molecule has 2 heterocycles. The van der Waals surface area contributed by atoms with E-state index in [2.05, 4.69) is 39.1 Å². The molecule has 0 bridgehead atoms. The maximum atomic E-state index is 4.04. The van der Waals surface area contributed by atoms with Crippen LogP contribution in [0, 0.1) is 0 Å². The van der Waals surface area contributed by atoms with Gasteiger partial charge in [0.2, 0.25) is 0 Å². The zero-order valence-electron chi connectivity index (χ0n) is 9.89. The van der Waals surface area contributed by atoms with Crippen LogP contribution in [0.15, 0.2) is 36.8 Å². The molecule has 1 fully saturated rings. The molecule has 1 saturated heterocycles. The molecule has 17 heavy (non-hydrogen) atoms. The molecule has 3 rings (SSSR count). The van der Waals surface area contributed by atoms with Crippen molar-refractivity contribution in [3.05, 3.63) is 36.8 Å². The van der Waals surface area contributed by atoms with Crippen molar-refractivity contribution in [2.24, 2.45) is 0 Å². The number of hydrogen-bond donors (Lipinski definition) is 1. The van der Waals surface area contributed by atoms with E-state index in [1.54, 1.807) is 6.33 Å². The van der Waals surface area contributed by atoms with Crippen LogP contribution in [0.2, 0.25) is 0 Å². The molecule has 0 saturated carbocycles. The molecule has 0 atom stereocenters. The smallest absolute Gasteiger partial charge is 0.0924 e. The minimum atomic E-state index is 1.08. The monoisotopic (exact) mass is 227 g/mol. The molecule has 1 aromatic heterocycles. The predicted octanol–water partition coefficient (Wildman–Crippen LogP) is 3.07. The summed E-state index contributed by atoms with van der Waals surface area (Å²) in [5.41, 5.74) is 3.62. The summed E-state index contributed by atoms with van der Waals surface area (Å²) in [5.74, 6) is 0. The summed E-state index contributed by atoms with van der Waals surface area (Å²) in [4.78, 5) is 9.65. The number of benzene rings is 1. The number of nitrogens with one attached hydrogen (secondary N) is 1. The summed E-state index contributed by atoms with van der Waals surface area (Å²) in [5, 5.41) is 0. The summed E-state index contributed by atoms with van der Waals surface area (Å²) in [6.45, 7) is 2.40. The van der Waals surface area contributed by atoms with Gasteiger partial charge in [-0.1, -0.05) is 12.1 Å². The number of anilines is 1. The van der Waals surface area contributed by atoms with Gasteiger partial charge in [0.25, 0.3) is 0 Å². The van der Waals surface area contributed by atoms with Crippen LogP contribution in [0.1, 0.15) is 19.3 Å². The third-order valence-electron chi connectivity index (χ3n) is 3.40. The van der Waals surface area contributed by atoms with Gasteiger partial charge >= 0.3 is 0 Å². The molecular weight excluding hydrogens is 210 g/mol. The average molecular weight is 227 g/mol. The minimum absolute atomic E-state index is 1.08. The van der Waals surface area contributed by atoms with Crippen molar-refractivity contribution in [1.82, 2.24) is 9.97 Å². The largest absolute Gasteiger partial charge is 0.372 e. The first-order valence-electron chi connectivity index (χ1n) is 6.27. The highest BCUT2D eigenvalue weighted by atomic mass is 15.1. The second-order valence-corrected chi connectivity index (χ2v) is 4.56. The molecule has 1 aliphatic heterocycles. The molecule has 1 aromatic carbocycles. The molecule has 1 aliphatic rings. The van der Waals surface area contributed by atoms with Crippen molar-refractivity contribution < 1.29 is 0 Å². The summed E-state index contributed by atoms with van der Waals surface area (Å²) in [7, 11) is 0. The molecule has 3 nitrogen and oxygen atoms in total. The molecule has 1 N–H and O–H groups in total. The van der Waals surface area contributed by atoms with Crippen LogP contribution < -0.4 is 4.90 Å². The van der Waals surface area contributed by atoms with Crippen molar-refractivity contribution in [3.63, 3.8) is 0 Å². The fraction of sp³-hybridized carbons (Fsp3) is 0.357. The van der Waals surface area contributed by atoms with E-state index in [0.29, 0.717) is 0 Å². The fourth-order valence-electron chi connectivity index (χ4n) is 2.42. The van der Waals surface area contributed by atoms with E-state index in [1.165, 1.54) is 43.6 Å². The molecule has 0 spiro atoms. The van der Waals surface area contributed by atoms with Gasteiger partial charge in [0, 0.05) is 18.8 Å². The number of H-pyrrole nitrogens is 1. The van der Waals surface area contributed by atoms with E-state index in [-0.39, 0.29) is 0 Å². The molecule has 0 unspecified atom stereocenters. The summed E-state index contributed by atoms with van der Waals surface area (Å²) >= 11 is 0. The third kappa shape index (κ3) is 2.18. The number of aromatic amines is 1. The van der Waals surface area contributed by atoms with Gasteiger partial charge in [-0.15, -0.1) is 0 Å². The average Bonchev–Trinajstić information content (AvgIpc) is 2.94. The Labute approximate surface area is 101 Å². The first kappa shape index (κ1) is 10.4. The van der Waals surface area contributed by atoms with Crippen LogP contribution in [-0.4, -0.2) is 23.1 Å². The Morgan fingerprint density at radius 3 is 2.41 bits per heavy atom. The van der Waals surface area contributed by atoms with Gasteiger partial charge in [-0.3, -0.25) is 0 Å². The fourth-order valence-corrected chi connectivity index (χ4v) is 2.42. The number of imidazole rings is 1. The van der Waals surface area contributed by atoms with Gasteiger partial charge in [-0.2, -0.15) is 0 Å². The van der Waals surface area contributed by atoms with E-state index >= 15 is 0 Å². The van der Waals surface area contributed by atoms with Crippen molar-refractivity contribution in [3.8, 4) is 11.3 Å². The maximum Gasteiger partial charge on any atom is 0.0924 e. The van der Waals surface area contributed by atoms with Crippen LogP contribution >= 0.6 is 0 Å². The first-order chi connectivity index (χ1) is 8.43. The molecule has 2 aromatic rings. The van der Waals surface area contributed by atoms with Gasteiger partial charge in [0.1, 0.15) is 0 Å². The number of rotatable bonds is 2. The van der Waals surface area contributed by atoms with Crippen molar-refractivity contribution >= 4 is 5.69 Å². The lowest BCUT2D eigenvalue weighted by atomic mass is 10.1. The van der Waals surface area contributed by atoms with E-state index in [4.69, 9.17) is 0 Å². The van der Waals surface area contributed by atoms with Crippen molar-refractivity contribution in [2.75, 3.05) is 18.0 Å². The van der Waals surface area contributed by atoms with E-state index < -0.39 is 0 Å². The molecule has 0 radical (unpaired) electrons. The van der Waals surface area contributed by atoms with Gasteiger partial charge in [-0.05, 0) is 37.0 Å². The highest BCUT2D eigenvalue weighted by molar-refractivity contribution is 5.62. The molecule has 3 heteroatoms. The Morgan fingerprint density at radius 2 is 1.76 bits per heavy atom. The lowest BCUT2D eigenvalue weighted by Gasteiger charge is -2.28. The normalized spacial score (nSPS) is 16.1. The summed E-state index contributed by atoms with van der Waals surface area (Å²) in [6, 6.07) is 8.75. The zero-order chi connectivity index (χ0) is 11.5. The second-order valence-electron chi connectivity index (χ2n) is 4.56. The summed E-state index contributed by atoms with van der Waals surface area (Å²) < 4.78 is 0. The van der Waals surface area contributed by atoms with Crippen LogP contribution in [-0.2, 0) is 0 Å².